The molecular formula is C19H32IN7O. The predicted octanol–water partition coefficient (Wildman–Crippen LogP) is 1.83. The highest BCUT2D eigenvalue weighted by Crippen LogP contribution is 2.09. The first kappa shape index (κ1) is 22.5. The maximum atomic E-state index is 12.4. The lowest BCUT2D eigenvalue weighted by atomic mass is 10.2. The average Bonchev–Trinajstić information content (AvgIpc) is 3.21. The van der Waals surface area contributed by atoms with Gasteiger partial charge in [0.05, 0.1) is 6.54 Å². The highest BCUT2D eigenvalue weighted by molar-refractivity contribution is 14.0. The number of aromatic nitrogens is 4. The zero-order valence-corrected chi connectivity index (χ0v) is 19.4. The van der Waals surface area contributed by atoms with Crippen LogP contribution in [0.1, 0.15) is 37.7 Å². The third kappa shape index (κ3) is 5.39. The molecule has 28 heavy (non-hydrogen) atoms. The van der Waals surface area contributed by atoms with E-state index in [2.05, 4.69) is 52.2 Å². The number of nitrogens with zero attached hydrogens (tertiary/aromatic N) is 6. The molecule has 3 heterocycles. The number of hydrogen-bond acceptors (Lipinski definition) is 3. The van der Waals surface area contributed by atoms with E-state index in [1.54, 1.807) is 4.68 Å². The zero-order valence-electron chi connectivity index (χ0n) is 17.1. The molecule has 0 spiro atoms. The number of fused-ring (bicyclic) bond motifs is 1. The van der Waals surface area contributed by atoms with Crippen LogP contribution in [0.4, 0.5) is 0 Å². The summed E-state index contributed by atoms with van der Waals surface area (Å²) in [7, 11) is 4.10. The van der Waals surface area contributed by atoms with Crippen molar-refractivity contribution in [3.63, 3.8) is 0 Å². The summed E-state index contributed by atoms with van der Waals surface area (Å²) < 4.78 is 5.55. The molecule has 0 amide bonds. The van der Waals surface area contributed by atoms with Gasteiger partial charge in [0.1, 0.15) is 5.82 Å². The molecule has 0 saturated heterocycles. The normalized spacial score (nSPS) is 13.8. The maximum Gasteiger partial charge on any atom is 0.345 e. The molecule has 3 rings (SSSR count). The minimum atomic E-state index is 0. The quantitative estimate of drug-likeness (QED) is 0.272. The fraction of sp³-hybridized carbons (Fsp3) is 0.632. The zero-order chi connectivity index (χ0) is 19.2. The van der Waals surface area contributed by atoms with Crippen molar-refractivity contribution >= 4 is 29.9 Å². The number of rotatable bonds is 7. The first-order valence-corrected chi connectivity index (χ1v) is 9.86. The minimum absolute atomic E-state index is 0. The number of aryl methyl sites for hydroxylation is 3. The van der Waals surface area contributed by atoms with Gasteiger partial charge in [-0.05, 0) is 38.3 Å². The fourth-order valence-corrected chi connectivity index (χ4v) is 3.45. The standard InChI is InChI=1S/C19H31N7O.HI/c1-4-20-18(24(3)15-16-9-7-12-23(16)2)21-11-8-14-26-19(27)25-13-6-5-10-17(25)22-26;/h7,9,12H,4-6,8,10-11,13-15H2,1-3H3,(H,20,21);1H. The third-order valence-electron chi connectivity index (χ3n) is 4.97. The first-order chi connectivity index (χ1) is 13.1. The Bertz CT molecular complexity index is 836. The molecule has 1 aliphatic rings. The first-order valence-electron chi connectivity index (χ1n) is 9.86. The van der Waals surface area contributed by atoms with E-state index in [1.807, 2.05) is 11.6 Å². The second-order valence-electron chi connectivity index (χ2n) is 7.09. The van der Waals surface area contributed by atoms with Gasteiger partial charge in [-0.3, -0.25) is 9.56 Å². The molecule has 0 radical (unpaired) electrons. The van der Waals surface area contributed by atoms with Crippen LogP contribution in [-0.4, -0.2) is 49.9 Å². The number of halogens is 1. The largest absolute Gasteiger partial charge is 0.357 e. The fourth-order valence-electron chi connectivity index (χ4n) is 3.45. The Morgan fingerprint density at radius 3 is 2.89 bits per heavy atom. The summed E-state index contributed by atoms with van der Waals surface area (Å²) in [6.45, 7) is 5.77. The van der Waals surface area contributed by atoms with Crippen LogP contribution in [0.2, 0.25) is 0 Å². The molecule has 0 unspecified atom stereocenters. The summed E-state index contributed by atoms with van der Waals surface area (Å²) in [6, 6.07) is 4.17. The van der Waals surface area contributed by atoms with E-state index < -0.39 is 0 Å². The van der Waals surface area contributed by atoms with Crippen LogP contribution in [0.3, 0.4) is 0 Å². The predicted molar refractivity (Wildman–Crippen MR) is 122 cm³/mol. The van der Waals surface area contributed by atoms with Gasteiger partial charge in [0.25, 0.3) is 0 Å². The Balaban J connectivity index is 0.00000280. The average molecular weight is 501 g/mol. The lowest BCUT2D eigenvalue weighted by Crippen LogP contribution is -2.39. The molecule has 0 atom stereocenters. The SMILES string of the molecule is CCNC(=NCCCn1nc2n(c1=O)CCCC2)N(C)Cc1cccn1C.I. The van der Waals surface area contributed by atoms with E-state index in [0.29, 0.717) is 13.1 Å². The molecular weight excluding hydrogens is 469 g/mol. The molecule has 2 aromatic rings. The molecule has 0 aromatic carbocycles. The smallest absolute Gasteiger partial charge is 0.345 e. The van der Waals surface area contributed by atoms with Gasteiger partial charge in [-0.25, -0.2) is 9.48 Å². The molecule has 1 aliphatic heterocycles. The number of hydrogen-bond donors (Lipinski definition) is 1. The molecule has 0 fully saturated rings. The van der Waals surface area contributed by atoms with Crippen LogP contribution in [0.15, 0.2) is 28.1 Å². The minimum Gasteiger partial charge on any atom is -0.357 e. The van der Waals surface area contributed by atoms with E-state index >= 15 is 0 Å². The van der Waals surface area contributed by atoms with Gasteiger partial charge in [-0.15, -0.1) is 24.0 Å². The molecule has 9 heteroatoms. The van der Waals surface area contributed by atoms with Crippen LogP contribution in [0.5, 0.6) is 0 Å². The summed E-state index contributed by atoms with van der Waals surface area (Å²) in [4.78, 5) is 19.2. The summed E-state index contributed by atoms with van der Waals surface area (Å²) in [5.41, 5.74) is 1.26. The van der Waals surface area contributed by atoms with Crippen LogP contribution in [0.25, 0.3) is 0 Å². The highest BCUT2D eigenvalue weighted by atomic mass is 127. The van der Waals surface area contributed by atoms with E-state index in [-0.39, 0.29) is 29.7 Å². The molecule has 0 aliphatic carbocycles. The highest BCUT2D eigenvalue weighted by Gasteiger charge is 2.16. The van der Waals surface area contributed by atoms with Gasteiger partial charge in [0.15, 0.2) is 5.96 Å². The Hall–Kier alpha value is -1.78. The van der Waals surface area contributed by atoms with Gasteiger partial charge in [0, 0.05) is 58.6 Å². The van der Waals surface area contributed by atoms with Gasteiger partial charge >= 0.3 is 5.69 Å². The van der Waals surface area contributed by atoms with Crippen LogP contribution < -0.4 is 11.0 Å². The molecule has 0 saturated carbocycles. The molecule has 8 nitrogen and oxygen atoms in total. The monoisotopic (exact) mass is 501 g/mol. The Morgan fingerprint density at radius 2 is 2.21 bits per heavy atom. The number of nitrogens with one attached hydrogen (secondary N) is 1. The van der Waals surface area contributed by atoms with E-state index in [1.165, 1.54) is 5.69 Å². The van der Waals surface area contributed by atoms with Crippen molar-refractivity contribution in [3.8, 4) is 0 Å². The number of aliphatic imine (C=N–C) groups is 1. The summed E-state index contributed by atoms with van der Waals surface area (Å²) in [5.74, 6) is 1.82. The third-order valence-corrected chi connectivity index (χ3v) is 4.97. The lowest BCUT2D eigenvalue weighted by molar-refractivity contribution is 0.460. The van der Waals surface area contributed by atoms with Crippen molar-refractivity contribution in [2.75, 3.05) is 20.1 Å². The van der Waals surface area contributed by atoms with Gasteiger partial charge in [-0.1, -0.05) is 0 Å². The lowest BCUT2D eigenvalue weighted by Gasteiger charge is -2.22. The molecule has 156 valence electrons. The second kappa shape index (κ2) is 10.7. The number of guanidine groups is 1. The van der Waals surface area contributed by atoms with Crippen LogP contribution in [0, 0.1) is 0 Å². The Morgan fingerprint density at radius 1 is 1.39 bits per heavy atom. The Kier molecular flexibility index (Phi) is 8.58. The van der Waals surface area contributed by atoms with Crippen molar-refractivity contribution in [2.24, 2.45) is 12.0 Å². The summed E-state index contributed by atoms with van der Waals surface area (Å²) >= 11 is 0. The van der Waals surface area contributed by atoms with Crippen molar-refractivity contribution in [1.29, 1.82) is 0 Å². The molecule has 2 aromatic heterocycles. The van der Waals surface area contributed by atoms with Crippen molar-refractivity contribution < 1.29 is 0 Å². The van der Waals surface area contributed by atoms with E-state index in [9.17, 15) is 4.79 Å². The van der Waals surface area contributed by atoms with Crippen molar-refractivity contribution in [1.82, 2.24) is 29.1 Å². The summed E-state index contributed by atoms with van der Waals surface area (Å²) in [6.07, 6.45) is 5.95. The second-order valence-corrected chi connectivity index (χ2v) is 7.09. The summed E-state index contributed by atoms with van der Waals surface area (Å²) in [5, 5.41) is 7.83. The molecule has 1 N–H and O–H groups in total. The van der Waals surface area contributed by atoms with Gasteiger partial charge in [0.2, 0.25) is 0 Å². The van der Waals surface area contributed by atoms with E-state index in [4.69, 9.17) is 4.99 Å². The maximum absolute atomic E-state index is 12.4. The van der Waals surface area contributed by atoms with Gasteiger partial charge in [-0.2, -0.15) is 5.10 Å². The van der Waals surface area contributed by atoms with Gasteiger partial charge < -0.3 is 14.8 Å². The Labute approximate surface area is 183 Å². The van der Waals surface area contributed by atoms with E-state index in [0.717, 1.165) is 57.1 Å². The molecule has 0 bridgehead atoms. The van der Waals surface area contributed by atoms with Crippen LogP contribution >= 0.6 is 24.0 Å². The van der Waals surface area contributed by atoms with Crippen molar-refractivity contribution in [2.45, 2.75) is 52.2 Å². The topological polar surface area (TPSA) is 72.4 Å². The van der Waals surface area contributed by atoms with Crippen molar-refractivity contribution in [3.05, 3.63) is 40.3 Å². The van der Waals surface area contributed by atoms with Crippen LogP contribution in [-0.2, 0) is 33.1 Å².